The maximum absolute atomic E-state index is 13.1. The molecule has 2 saturated heterocycles. The first-order valence-corrected chi connectivity index (χ1v) is 12.1. The molecule has 5 aliphatic rings. The average Bonchev–Trinajstić information content (AvgIpc) is 3.45. The molecule has 2 aromatic carbocycles. The molecule has 2 aliphatic heterocycles. The number of nitrogens with zero attached hydrogens (tertiary/aromatic N) is 1. The summed E-state index contributed by atoms with van der Waals surface area (Å²) in [5.74, 6) is -0.834. The summed E-state index contributed by atoms with van der Waals surface area (Å²) in [4.78, 5) is 39.3. The van der Waals surface area contributed by atoms with E-state index in [9.17, 15) is 19.5 Å². The van der Waals surface area contributed by atoms with Gasteiger partial charge in [0.15, 0.2) is 0 Å². The molecule has 2 saturated carbocycles. The third-order valence-electron chi connectivity index (χ3n) is 8.42. The van der Waals surface area contributed by atoms with Crippen molar-refractivity contribution in [3.63, 3.8) is 0 Å². The molecule has 7 heteroatoms. The van der Waals surface area contributed by atoms with Gasteiger partial charge in [0.2, 0.25) is 5.91 Å². The van der Waals surface area contributed by atoms with Crippen LogP contribution < -0.4 is 5.32 Å². The fraction of sp³-hybridized carbons (Fsp3) is 0.444. The van der Waals surface area contributed by atoms with E-state index in [4.69, 9.17) is 4.74 Å². The van der Waals surface area contributed by atoms with Crippen molar-refractivity contribution in [3.8, 4) is 11.1 Å². The molecule has 2 heterocycles. The number of aliphatic carboxylic acids is 1. The van der Waals surface area contributed by atoms with Gasteiger partial charge in [0.25, 0.3) is 0 Å². The SMILES string of the molecule is O=C(NC1(CC(=O)N2CC3CC2(C(=O)O)C3)CCC1)OCC1c2ccccc2-c2ccccc21. The van der Waals surface area contributed by atoms with Crippen molar-refractivity contribution < 1.29 is 24.2 Å². The first-order chi connectivity index (χ1) is 16.4. The Balaban J connectivity index is 1.11. The van der Waals surface area contributed by atoms with E-state index in [0.29, 0.717) is 32.2 Å². The number of carbonyl (C=O) groups excluding carboxylic acids is 2. The minimum absolute atomic E-state index is 0.0241. The van der Waals surface area contributed by atoms with Gasteiger partial charge in [-0.05, 0) is 60.3 Å². The first kappa shape index (κ1) is 21.2. The Morgan fingerprint density at radius 3 is 2.18 bits per heavy atom. The fourth-order valence-corrected chi connectivity index (χ4v) is 6.49. The van der Waals surface area contributed by atoms with Crippen LogP contribution in [0.2, 0.25) is 0 Å². The zero-order valence-corrected chi connectivity index (χ0v) is 19.0. The summed E-state index contributed by atoms with van der Waals surface area (Å²) in [6.07, 6.45) is 3.00. The second kappa shape index (κ2) is 7.58. The summed E-state index contributed by atoms with van der Waals surface area (Å²) in [5, 5.41) is 12.6. The lowest BCUT2D eigenvalue weighted by molar-refractivity contribution is -0.159. The molecule has 0 atom stereocenters. The molecule has 34 heavy (non-hydrogen) atoms. The molecule has 0 unspecified atom stereocenters. The standard InChI is InChI=1S/C27H28N2O5/c30-23(29-15-17-12-27(29,13-17)24(31)32)14-26(10-5-11-26)28-25(33)34-16-22-20-8-3-1-6-18(20)19-7-2-4-9-21(19)22/h1-4,6-9,17,22H,5,10-16H2,(H,28,33)(H,31,32). The zero-order chi connectivity index (χ0) is 23.5. The minimum atomic E-state index is -1.03. The summed E-state index contributed by atoms with van der Waals surface area (Å²) >= 11 is 0. The number of fused-ring (bicyclic) bond motifs is 4. The number of hydrogen-bond acceptors (Lipinski definition) is 4. The number of rotatable bonds is 6. The number of nitrogens with one attached hydrogen (secondary N) is 1. The van der Waals surface area contributed by atoms with Gasteiger partial charge in [-0.15, -0.1) is 0 Å². The number of ether oxygens (including phenoxy) is 1. The Kier molecular flexibility index (Phi) is 4.73. The van der Waals surface area contributed by atoms with Gasteiger partial charge < -0.3 is 20.1 Å². The van der Waals surface area contributed by atoms with E-state index in [1.165, 1.54) is 11.1 Å². The van der Waals surface area contributed by atoms with Gasteiger partial charge in [-0.3, -0.25) is 4.79 Å². The van der Waals surface area contributed by atoms with E-state index in [-0.39, 0.29) is 30.8 Å². The summed E-state index contributed by atoms with van der Waals surface area (Å²) in [6, 6.07) is 16.4. The van der Waals surface area contributed by atoms with Crippen molar-refractivity contribution in [2.75, 3.05) is 13.2 Å². The van der Waals surface area contributed by atoms with Gasteiger partial charge in [0, 0.05) is 12.5 Å². The molecule has 0 radical (unpaired) electrons. The number of carboxylic acid groups (broad SMARTS) is 1. The highest BCUT2D eigenvalue weighted by molar-refractivity contribution is 5.90. The number of carboxylic acids is 1. The summed E-state index contributed by atoms with van der Waals surface area (Å²) in [6.45, 7) is 0.728. The Morgan fingerprint density at radius 1 is 1.00 bits per heavy atom. The van der Waals surface area contributed by atoms with Gasteiger partial charge in [-0.2, -0.15) is 0 Å². The van der Waals surface area contributed by atoms with E-state index in [1.54, 1.807) is 4.90 Å². The van der Waals surface area contributed by atoms with E-state index < -0.39 is 23.1 Å². The number of alkyl carbamates (subject to hydrolysis) is 1. The average molecular weight is 461 g/mol. The van der Waals surface area contributed by atoms with Crippen molar-refractivity contribution in [3.05, 3.63) is 59.7 Å². The van der Waals surface area contributed by atoms with Crippen molar-refractivity contribution in [2.45, 2.75) is 55.5 Å². The molecular weight excluding hydrogens is 432 g/mol. The molecule has 4 fully saturated rings. The molecular formula is C27H28N2O5. The first-order valence-electron chi connectivity index (χ1n) is 12.1. The second-order valence-corrected chi connectivity index (χ2v) is 10.4. The minimum Gasteiger partial charge on any atom is -0.479 e. The van der Waals surface area contributed by atoms with Crippen molar-refractivity contribution in [2.24, 2.45) is 5.92 Å². The predicted octanol–water partition coefficient (Wildman–Crippen LogP) is 3.91. The van der Waals surface area contributed by atoms with Crippen LogP contribution in [0.5, 0.6) is 0 Å². The van der Waals surface area contributed by atoms with Crippen molar-refractivity contribution in [1.82, 2.24) is 10.2 Å². The molecule has 2 amide bonds. The van der Waals surface area contributed by atoms with Crippen LogP contribution in [0.1, 0.15) is 55.6 Å². The van der Waals surface area contributed by atoms with Crippen molar-refractivity contribution >= 4 is 18.0 Å². The van der Waals surface area contributed by atoms with E-state index in [2.05, 4.69) is 29.6 Å². The largest absolute Gasteiger partial charge is 0.479 e. The lowest BCUT2D eigenvalue weighted by Crippen LogP contribution is -2.59. The number of carbonyl (C=O) groups is 3. The Labute approximate surface area is 198 Å². The monoisotopic (exact) mass is 460 g/mol. The maximum atomic E-state index is 13.1. The summed E-state index contributed by atoms with van der Waals surface area (Å²) < 4.78 is 5.70. The molecule has 2 N–H and O–H groups in total. The second-order valence-electron chi connectivity index (χ2n) is 10.4. The third-order valence-corrected chi connectivity index (χ3v) is 8.42. The van der Waals surface area contributed by atoms with Crippen LogP contribution in [0.25, 0.3) is 11.1 Å². The molecule has 7 rings (SSSR count). The van der Waals surface area contributed by atoms with Crippen LogP contribution in [0.4, 0.5) is 4.79 Å². The molecule has 7 nitrogen and oxygen atoms in total. The molecule has 3 aliphatic carbocycles. The van der Waals surface area contributed by atoms with Crippen molar-refractivity contribution in [1.29, 1.82) is 0 Å². The van der Waals surface area contributed by atoms with Gasteiger partial charge in [0.05, 0.1) is 12.0 Å². The molecule has 0 spiro atoms. The smallest absolute Gasteiger partial charge is 0.407 e. The molecule has 0 aromatic heterocycles. The van der Waals surface area contributed by atoms with Crippen LogP contribution in [-0.2, 0) is 14.3 Å². The lowest BCUT2D eigenvalue weighted by atomic mass is 9.72. The van der Waals surface area contributed by atoms with Gasteiger partial charge in [-0.1, -0.05) is 48.5 Å². The highest BCUT2D eigenvalue weighted by atomic mass is 16.5. The molecule has 176 valence electrons. The van der Waals surface area contributed by atoms with Gasteiger partial charge >= 0.3 is 12.1 Å². The van der Waals surface area contributed by atoms with Crippen LogP contribution in [0.15, 0.2) is 48.5 Å². The zero-order valence-electron chi connectivity index (χ0n) is 19.0. The normalized spacial score (nSPS) is 25.5. The van der Waals surface area contributed by atoms with Gasteiger partial charge in [0.1, 0.15) is 12.1 Å². The Morgan fingerprint density at radius 2 is 1.62 bits per heavy atom. The number of benzene rings is 2. The Hall–Kier alpha value is -3.35. The summed E-state index contributed by atoms with van der Waals surface area (Å²) in [5.41, 5.74) is 2.96. The number of amides is 2. The van der Waals surface area contributed by atoms with Crippen LogP contribution in [-0.4, -0.2) is 52.2 Å². The highest BCUT2D eigenvalue weighted by Gasteiger charge is 2.63. The summed E-state index contributed by atoms with van der Waals surface area (Å²) in [7, 11) is 0. The van der Waals surface area contributed by atoms with Crippen LogP contribution >= 0.6 is 0 Å². The fourth-order valence-electron chi connectivity index (χ4n) is 6.49. The lowest BCUT2D eigenvalue weighted by Gasteiger charge is -2.44. The van der Waals surface area contributed by atoms with Gasteiger partial charge in [-0.25, -0.2) is 9.59 Å². The molecule has 2 bridgehead atoms. The number of hydrogen-bond donors (Lipinski definition) is 2. The van der Waals surface area contributed by atoms with E-state index in [1.807, 2.05) is 24.3 Å². The maximum Gasteiger partial charge on any atom is 0.407 e. The predicted molar refractivity (Wildman–Crippen MR) is 124 cm³/mol. The molecule has 2 aromatic rings. The third kappa shape index (κ3) is 3.13. The Bertz CT molecular complexity index is 1140. The highest BCUT2D eigenvalue weighted by Crippen LogP contribution is 2.51. The van der Waals surface area contributed by atoms with Crippen LogP contribution in [0.3, 0.4) is 0 Å². The topological polar surface area (TPSA) is 95.9 Å². The quantitative estimate of drug-likeness (QED) is 0.681. The van der Waals surface area contributed by atoms with Crippen LogP contribution in [0, 0.1) is 5.92 Å². The van der Waals surface area contributed by atoms with E-state index in [0.717, 1.165) is 17.5 Å². The van der Waals surface area contributed by atoms with E-state index >= 15 is 0 Å².